The number of rotatable bonds is 1. The zero-order chi connectivity index (χ0) is 10.3. The van der Waals surface area contributed by atoms with E-state index in [0.717, 1.165) is 35.7 Å². The fourth-order valence-corrected chi connectivity index (χ4v) is 3.01. The molecule has 3 rings (SSSR count). The number of thiazole rings is 1. The molecule has 1 aliphatic rings. The maximum Gasteiger partial charge on any atom is 0.162 e. The van der Waals surface area contributed by atoms with Gasteiger partial charge in [0.1, 0.15) is 0 Å². The minimum Gasteiger partial charge on any atom is -0.462 e. The van der Waals surface area contributed by atoms with E-state index in [4.69, 9.17) is 4.42 Å². The molecule has 4 heteroatoms. The fourth-order valence-electron chi connectivity index (χ4n) is 1.86. The Balaban J connectivity index is 2.00. The van der Waals surface area contributed by atoms with Gasteiger partial charge in [-0.1, -0.05) is 0 Å². The molecule has 1 aliphatic carbocycles. The molecule has 0 bridgehead atoms. The SMILES string of the molecule is OC1CCc2nc(-c3ccco3)sc2C1. The Morgan fingerprint density at radius 1 is 1.53 bits per heavy atom. The summed E-state index contributed by atoms with van der Waals surface area (Å²) >= 11 is 1.63. The molecule has 0 aromatic carbocycles. The highest BCUT2D eigenvalue weighted by Crippen LogP contribution is 2.32. The lowest BCUT2D eigenvalue weighted by molar-refractivity contribution is 0.159. The summed E-state index contributed by atoms with van der Waals surface area (Å²) in [7, 11) is 0. The summed E-state index contributed by atoms with van der Waals surface area (Å²) in [6.07, 6.45) is 3.92. The quantitative estimate of drug-likeness (QED) is 0.803. The first-order valence-electron chi connectivity index (χ1n) is 5.03. The van der Waals surface area contributed by atoms with Crippen LogP contribution in [0.5, 0.6) is 0 Å². The number of nitrogens with zero attached hydrogens (tertiary/aromatic N) is 1. The predicted octanol–water partition coefficient (Wildman–Crippen LogP) is 2.25. The summed E-state index contributed by atoms with van der Waals surface area (Å²) in [5.74, 6) is 0.823. The smallest absolute Gasteiger partial charge is 0.162 e. The van der Waals surface area contributed by atoms with E-state index in [0.29, 0.717) is 0 Å². The molecule has 1 unspecified atom stereocenters. The van der Waals surface area contributed by atoms with Crippen molar-refractivity contribution < 1.29 is 9.52 Å². The second-order valence-electron chi connectivity index (χ2n) is 3.76. The van der Waals surface area contributed by atoms with Crippen LogP contribution in [-0.4, -0.2) is 16.2 Å². The summed E-state index contributed by atoms with van der Waals surface area (Å²) < 4.78 is 5.31. The first kappa shape index (κ1) is 9.12. The lowest BCUT2D eigenvalue weighted by Crippen LogP contribution is -2.17. The molecule has 0 amide bonds. The van der Waals surface area contributed by atoms with Gasteiger partial charge in [0.15, 0.2) is 10.8 Å². The number of fused-ring (bicyclic) bond motifs is 1. The van der Waals surface area contributed by atoms with Gasteiger partial charge < -0.3 is 9.52 Å². The highest BCUT2D eigenvalue weighted by molar-refractivity contribution is 7.15. The zero-order valence-electron chi connectivity index (χ0n) is 8.14. The molecule has 2 heterocycles. The molecule has 0 radical (unpaired) electrons. The van der Waals surface area contributed by atoms with Crippen molar-refractivity contribution in [3.8, 4) is 10.8 Å². The van der Waals surface area contributed by atoms with Crippen LogP contribution in [-0.2, 0) is 12.8 Å². The van der Waals surface area contributed by atoms with Crippen LogP contribution < -0.4 is 0 Å². The van der Waals surface area contributed by atoms with Crippen LogP contribution in [0.3, 0.4) is 0 Å². The average molecular weight is 221 g/mol. The Morgan fingerprint density at radius 3 is 3.27 bits per heavy atom. The van der Waals surface area contributed by atoms with Gasteiger partial charge in [-0.15, -0.1) is 11.3 Å². The minimum atomic E-state index is -0.192. The van der Waals surface area contributed by atoms with Gasteiger partial charge in [0, 0.05) is 11.3 Å². The van der Waals surface area contributed by atoms with Gasteiger partial charge in [0.25, 0.3) is 0 Å². The lowest BCUT2D eigenvalue weighted by Gasteiger charge is -2.14. The molecular formula is C11H11NO2S. The van der Waals surface area contributed by atoms with Crippen molar-refractivity contribution in [2.45, 2.75) is 25.4 Å². The van der Waals surface area contributed by atoms with E-state index in [9.17, 15) is 5.11 Å². The van der Waals surface area contributed by atoms with E-state index in [1.165, 1.54) is 4.88 Å². The number of aliphatic hydroxyl groups excluding tert-OH is 1. The Hall–Kier alpha value is -1.13. The maximum absolute atomic E-state index is 9.55. The molecule has 2 aromatic rings. The van der Waals surface area contributed by atoms with Crippen LogP contribution in [0.15, 0.2) is 22.8 Å². The number of aryl methyl sites for hydroxylation is 1. The van der Waals surface area contributed by atoms with Crippen LogP contribution in [0.1, 0.15) is 17.0 Å². The molecule has 0 saturated carbocycles. The van der Waals surface area contributed by atoms with Crippen LogP contribution in [0, 0.1) is 0 Å². The number of aromatic nitrogens is 1. The third-order valence-corrected chi connectivity index (χ3v) is 3.78. The number of furan rings is 1. The van der Waals surface area contributed by atoms with Crippen molar-refractivity contribution in [1.82, 2.24) is 4.98 Å². The highest BCUT2D eigenvalue weighted by Gasteiger charge is 2.21. The largest absolute Gasteiger partial charge is 0.462 e. The normalized spacial score (nSPS) is 20.2. The van der Waals surface area contributed by atoms with Crippen LogP contribution in [0.25, 0.3) is 10.8 Å². The van der Waals surface area contributed by atoms with Crippen molar-refractivity contribution in [1.29, 1.82) is 0 Å². The predicted molar refractivity (Wildman–Crippen MR) is 57.8 cm³/mol. The third kappa shape index (κ3) is 1.60. The molecule has 0 aliphatic heterocycles. The molecule has 0 saturated heterocycles. The second kappa shape index (κ2) is 3.47. The van der Waals surface area contributed by atoms with Crippen LogP contribution >= 0.6 is 11.3 Å². The minimum absolute atomic E-state index is 0.192. The van der Waals surface area contributed by atoms with Gasteiger partial charge in [-0.05, 0) is 25.0 Å². The summed E-state index contributed by atoms with van der Waals surface area (Å²) in [6, 6.07) is 3.78. The van der Waals surface area contributed by atoms with Gasteiger partial charge in [0.2, 0.25) is 0 Å². The Labute approximate surface area is 91.4 Å². The molecule has 15 heavy (non-hydrogen) atoms. The van der Waals surface area contributed by atoms with Crippen LogP contribution in [0.4, 0.5) is 0 Å². The van der Waals surface area contributed by atoms with Gasteiger partial charge in [-0.3, -0.25) is 0 Å². The monoisotopic (exact) mass is 221 g/mol. The third-order valence-electron chi connectivity index (χ3n) is 2.65. The Bertz CT molecular complexity index is 461. The molecule has 1 atom stereocenters. The summed E-state index contributed by atoms with van der Waals surface area (Å²) in [5.41, 5.74) is 1.14. The average Bonchev–Trinajstić information content (AvgIpc) is 2.84. The summed E-state index contributed by atoms with van der Waals surface area (Å²) in [4.78, 5) is 5.75. The van der Waals surface area contributed by atoms with Gasteiger partial charge in [-0.2, -0.15) is 0 Å². The van der Waals surface area contributed by atoms with E-state index >= 15 is 0 Å². The molecule has 3 nitrogen and oxygen atoms in total. The molecular weight excluding hydrogens is 210 g/mol. The maximum atomic E-state index is 9.55. The standard InChI is InChI=1S/C11H11NO2S/c13-7-3-4-8-10(6-7)15-11(12-8)9-2-1-5-14-9/h1-2,5,7,13H,3-4,6H2. The molecule has 0 spiro atoms. The molecule has 2 aromatic heterocycles. The second-order valence-corrected chi connectivity index (χ2v) is 4.85. The van der Waals surface area contributed by atoms with Gasteiger partial charge in [-0.25, -0.2) is 4.98 Å². The van der Waals surface area contributed by atoms with Crippen molar-refractivity contribution in [3.05, 3.63) is 29.0 Å². The topological polar surface area (TPSA) is 46.3 Å². The summed E-state index contributed by atoms with van der Waals surface area (Å²) in [5, 5.41) is 10.5. The van der Waals surface area contributed by atoms with Gasteiger partial charge >= 0.3 is 0 Å². The first-order valence-corrected chi connectivity index (χ1v) is 5.85. The van der Waals surface area contributed by atoms with E-state index in [-0.39, 0.29) is 6.10 Å². The van der Waals surface area contributed by atoms with Gasteiger partial charge in [0.05, 0.1) is 18.1 Å². The van der Waals surface area contributed by atoms with Crippen molar-refractivity contribution >= 4 is 11.3 Å². The van der Waals surface area contributed by atoms with Crippen molar-refractivity contribution in [3.63, 3.8) is 0 Å². The van der Waals surface area contributed by atoms with E-state index in [2.05, 4.69) is 4.98 Å². The Morgan fingerprint density at radius 2 is 2.47 bits per heavy atom. The fraction of sp³-hybridized carbons (Fsp3) is 0.364. The molecule has 0 fully saturated rings. The molecule has 1 N–H and O–H groups in total. The number of aliphatic hydroxyl groups is 1. The lowest BCUT2D eigenvalue weighted by atomic mass is 10.0. The summed E-state index contributed by atoms with van der Waals surface area (Å²) in [6.45, 7) is 0. The number of hydrogen-bond donors (Lipinski definition) is 1. The van der Waals surface area contributed by atoms with E-state index in [1.54, 1.807) is 17.6 Å². The number of hydrogen-bond acceptors (Lipinski definition) is 4. The van der Waals surface area contributed by atoms with E-state index in [1.807, 2.05) is 12.1 Å². The Kier molecular flexibility index (Phi) is 2.11. The van der Waals surface area contributed by atoms with Crippen molar-refractivity contribution in [2.24, 2.45) is 0 Å². The van der Waals surface area contributed by atoms with Crippen molar-refractivity contribution in [2.75, 3.05) is 0 Å². The first-order chi connectivity index (χ1) is 7.33. The van der Waals surface area contributed by atoms with E-state index < -0.39 is 0 Å². The van der Waals surface area contributed by atoms with Crippen LogP contribution in [0.2, 0.25) is 0 Å². The highest BCUT2D eigenvalue weighted by atomic mass is 32.1. The zero-order valence-corrected chi connectivity index (χ0v) is 8.96. The molecule has 78 valence electrons.